The van der Waals surface area contributed by atoms with E-state index in [1.807, 2.05) is 13.1 Å². The number of ether oxygens (including phenoxy) is 1. The van der Waals surface area contributed by atoms with Gasteiger partial charge in [0, 0.05) is 7.11 Å². The van der Waals surface area contributed by atoms with Crippen molar-refractivity contribution in [2.45, 2.75) is 32.9 Å². The lowest BCUT2D eigenvalue weighted by Gasteiger charge is -2.34. The molecule has 0 amide bonds. The summed E-state index contributed by atoms with van der Waals surface area (Å²) in [7, 11) is 3.66. The summed E-state index contributed by atoms with van der Waals surface area (Å²) in [6.07, 6.45) is 2.05. The maximum atomic E-state index is 5.42. The van der Waals surface area contributed by atoms with Crippen molar-refractivity contribution >= 4 is 0 Å². The van der Waals surface area contributed by atoms with Crippen LogP contribution in [-0.2, 0) is 4.74 Å². The number of likely N-dealkylation sites (N-methyl/N-ethyl adjacent to an activating group) is 1. The molecule has 72 valence electrons. The van der Waals surface area contributed by atoms with Gasteiger partial charge in [-0.15, -0.1) is 6.58 Å². The monoisotopic (exact) mass is 171 g/mol. The summed E-state index contributed by atoms with van der Waals surface area (Å²) in [5.74, 6) is 0. The zero-order valence-corrected chi connectivity index (χ0v) is 8.85. The largest absolute Gasteiger partial charge is 0.379 e. The number of hydrogen-bond acceptors (Lipinski definition) is 2. The first-order valence-corrected chi connectivity index (χ1v) is 4.30. The molecule has 0 fully saturated rings. The average Bonchev–Trinajstić information content (AvgIpc) is 1.97. The molecule has 2 unspecified atom stereocenters. The Morgan fingerprint density at radius 3 is 2.00 bits per heavy atom. The molecular formula is C10H21NO. The summed E-state index contributed by atoms with van der Waals surface area (Å²) in [6.45, 7) is 10.3. The number of nitrogens with one attached hydrogen (secondary N) is 1. The molecule has 1 N–H and O–H groups in total. The van der Waals surface area contributed by atoms with E-state index >= 15 is 0 Å². The fraction of sp³-hybridized carbons (Fsp3) is 0.800. The molecule has 0 saturated carbocycles. The van der Waals surface area contributed by atoms with Crippen molar-refractivity contribution < 1.29 is 4.74 Å². The summed E-state index contributed by atoms with van der Waals surface area (Å²) >= 11 is 0. The quantitative estimate of drug-likeness (QED) is 0.651. The summed E-state index contributed by atoms with van der Waals surface area (Å²) in [4.78, 5) is 0. The van der Waals surface area contributed by atoms with Crippen LogP contribution in [0.2, 0.25) is 0 Å². The minimum Gasteiger partial charge on any atom is -0.379 e. The maximum Gasteiger partial charge on any atom is 0.0807 e. The molecule has 2 heteroatoms. The fourth-order valence-corrected chi connectivity index (χ4v) is 1.43. The van der Waals surface area contributed by atoms with E-state index in [0.29, 0.717) is 0 Å². The first-order chi connectivity index (χ1) is 5.47. The van der Waals surface area contributed by atoms with Gasteiger partial charge in [-0.1, -0.05) is 26.8 Å². The van der Waals surface area contributed by atoms with Crippen LogP contribution >= 0.6 is 0 Å². The van der Waals surface area contributed by atoms with Gasteiger partial charge in [0.05, 0.1) is 12.1 Å². The Morgan fingerprint density at radius 2 is 1.92 bits per heavy atom. The molecule has 0 rings (SSSR count). The average molecular weight is 171 g/mol. The Labute approximate surface area is 76.0 Å². The maximum absolute atomic E-state index is 5.42. The normalized spacial score (nSPS) is 17.1. The van der Waals surface area contributed by atoms with Gasteiger partial charge >= 0.3 is 0 Å². The molecule has 2 atom stereocenters. The molecule has 0 aromatic rings. The van der Waals surface area contributed by atoms with Crippen LogP contribution in [0.4, 0.5) is 0 Å². The second-order valence-corrected chi connectivity index (χ2v) is 4.07. The molecule has 0 saturated heterocycles. The molecule has 2 nitrogen and oxygen atoms in total. The van der Waals surface area contributed by atoms with E-state index in [9.17, 15) is 0 Å². The fourth-order valence-electron chi connectivity index (χ4n) is 1.43. The Bertz CT molecular complexity index is 137. The van der Waals surface area contributed by atoms with Crippen LogP contribution in [0.5, 0.6) is 0 Å². The van der Waals surface area contributed by atoms with Crippen LogP contribution in [0, 0.1) is 5.41 Å². The Kier molecular flexibility index (Phi) is 4.50. The van der Waals surface area contributed by atoms with Crippen LogP contribution in [-0.4, -0.2) is 26.3 Å². The van der Waals surface area contributed by atoms with Gasteiger partial charge in [0.25, 0.3) is 0 Å². The molecule has 0 spiro atoms. The minimum absolute atomic E-state index is 0.136. The van der Waals surface area contributed by atoms with Crippen LogP contribution in [0.1, 0.15) is 20.8 Å². The van der Waals surface area contributed by atoms with Crippen molar-refractivity contribution in [2.24, 2.45) is 5.41 Å². The first-order valence-electron chi connectivity index (χ1n) is 4.30. The van der Waals surface area contributed by atoms with E-state index in [4.69, 9.17) is 4.74 Å². The van der Waals surface area contributed by atoms with Crippen LogP contribution in [0.3, 0.4) is 0 Å². The Morgan fingerprint density at radius 1 is 1.42 bits per heavy atom. The summed E-state index contributed by atoms with van der Waals surface area (Å²) < 4.78 is 5.42. The van der Waals surface area contributed by atoms with Crippen LogP contribution in [0.15, 0.2) is 12.7 Å². The number of methoxy groups -OCH3 is 1. The van der Waals surface area contributed by atoms with E-state index < -0.39 is 0 Å². The van der Waals surface area contributed by atoms with Gasteiger partial charge in [0.1, 0.15) is 0 Å². The lowest BCUT2D eigenvalue weighted by atomic mass is 9.84. The standard InChI is InChI=1S/C10H21NO/c1-7-8(11-5)9(12-6)10(2,3)4/h7-9,11H,1H2,2-6H3. The van der Waals surface area contributed by atoms with E-state index in [0.717, 1.165) is 0 Å². The Hall–Kier alpha value is -0.340. The molecule has 0 radical (unpaired) electrons. The smallest absolute Gasteiger partial charge is 0.0807 e. The minimum atomic E-state index is 0.136. The van der Waals surface area contributed by atoms with Crippen molar-refractivity contribution in [1.82, 2.24) is 5.32 Å². The van der Waals surface area contributed by atoms with Crippen LogP contribution < -0.4 is 5.32 Å². The molecule has 0 aromatic heterocycles. The second kappa shape index (κ2) is 4.63. The highest BCUT2D eigenvalue weighted by Crippen LogP contribution is 2.24. The summed E-state index contributed by atoms with van der Waals surface area (Å²) in [6, 6.07) is 0.218. The zero-order chi connectivity index (χ0) is 9.78. The number of hydrogen-bond donors (Lipinski definition) is 1. The van der Waals surface area contributed by atoms with Crippen molar-refractivity contribution in [3.05, 3.63) is 12.7 Å². The molecule has 0 aliphatic carbocycles. The molecule has 0 heterocycles. The highest BCUT2D eigenvalue weighted by Gasteiger charge is 2.29. The predicted molar refractivity (Wildman–Crippen MR) is 53.3 cm³/mol. The topological polar surface area (TPSA) is 21.3 Å². The van der Waals surface area contributed by atoms with Gasteiger partial charge in [-0.25, -0.2) is 0 Å². The van der Waals surface area contributed by atoms with Gasteiger partial charge < -0.3 is 10.1 Å². The van der Waals surface area contributed by atoms with Crippen molar-refractivity contribution in [3.63, 3.8) is 0 Å². The molecule has 12 heavy (non-hydrogen) atoms. The van der Waals surface area contributed by atoms with E-state index in [1.165, 1.54) is 0 Å². The van der Waals surface area contributed by atoms with E-state index in [1.54, 1.807) is 7.11 Å². The van der Waals surface area contributed by atoms with Gasteiger partial charge in [-0.05, 0) is 12.5 Å². The van der Waals surface area contributed by atoms with E-state index in [2.05, 4.69) is 32.7 Å². The van der Waals surface area contributed by atoms with Crippen LogP contribution in [0.25, 0.3) is 0 Å². The molecule has 0 bridgehead atoms. The molecule has 0 aliphatic rings. The molecule has 0 aromatic carbocycles. The first kappa shape index (κ1) is 11.7. The summed E-state index contributed by atoms with van der Waals surface area (Å²) in [5, 5.41) is 3.17. The summed E-state index contributed by atoms with van der Waals surface area (Å²) in [5.41, 5.74) is 0.136. The van der Waals surface area contributed by atoms with E-state index in [-0.39, 0.29) is 17.6 Å². The third kappa shape index (κ3) is 2.95. The Balaban J connectivity index is 4.41. The molecular weight excluding hydrogens is 150 g/mol. The highest BCUT2D eigenvalue weighted by molar-refractivity contribution is 4.96. The second-order valence-electron chi connectivity index (χ2n) is 4.07. The highest BCUT2D eigenvalue weighted by atomic mass is 16.5. The van der Waals surface area contributed by atoms with Crippen molar-refractivity contribution in [1.29, 1.82) is 0 Å². The lowest BCUT2D eigenvalue weighted by Crippen LogP contribution is -2.45. The van der Waals surface area contributed by atoms with Gasteiger partial charge in [0.2, 0.25) is 0 Å². The van der Waals surface area contributed by atoms with Gasteiger partial charge in [0.15, 0.2) is 0 Å². The van der Waals surface area contributed by atoms with Crippen molar-refractivity contribution in [3.8, 4) is 0 Å². The van der Waals surface area contributed by atoms with Gasteiger partial charge in [-0.3, -0.25) is 0 Å². The SMILES string of the molecule is C=CC(NC)C(OC)C(C)(C)C. The number of rotatable bonds is 4. The van der Waals surface area contributed by atoms with Crippen molar-refractivity contribution in [2.75, 3.05) is 14.2 Å². The zero-order valence-electron chi connectivity index (χ0n) is 8.85. The lowest BCUT2D eigenvalue weighted by molar-refractivity contribution is 0.00185. The third-order valence-electron chi connectivity index (χ3n) is 2.02. The predicted octanol–water partition coefficient (Wildman–Crippen LogP) is 1.82. The third-order valence-corrected chi connectivity index (χ3v) is 2.02. The molecule has 0 aliphatic heterocycles. The van der Waals surface area contributed by atoms with Gasteiger partial charge in [-0.2, -0.15) is 0 Å².